The third-order valence-corrected chi connectivity index (χ3v) is 3.84. The van der Waals surface area contributed by atoms with Crippen molar-refractivity contribution in [3.8, 4) is 0 Å². The predicted octanol–water partition coefficient (Wildman–Crippen LogP) is 2.00. The quantitative estimate of drug-likeness (QED) is 0.866. The molecule has 2 atom stereocenters. The van der Waals surface area contributed by atoms with E-state index in [1.54, 1.807) is 7.11 Å². The highest BCUT2D eigenvalue weighted by Crippen LogP contribution is 2.24. The van der Waals surface area contributed by atoms with Gasteiger partial charge in [0, 0.05) is 26.2 Å². The molecule has 100 valence electrons. The van der Waals surface area contributed by atoms with Crippen LogP contribution in [0.25, 0.3) is 0 Å². The Bertz CT molecular complexity index is 363. The van der Waals surface area contributed by atoms with Gasteiger partial charge in [0.2, 0.25) is 0 Å². The third-order valence-electron chi connectivity index (χ3n) is 3.84. The van der Waals surface area contributed by atoms with E-state index in [-0.39, 0.29) is 0 Å². The predicted molar refractivity (Wildman–Crippen MR) is 74.2 cm³/mol. The van der Waals surface area contributed by atoms with E-state index in [2.05, 4.69) is 36.1 Å². The number of hydrogen-bond acceptors (Lipinski definition) is 3. The minimum absolute atomic E-state index is 0.650. The molecule has 2 N–H and O–H groups in total. The highest BCUT2D eigenvalue weighted by atomic mass is 16.5. The van der Waals surface area contributed by atoms with E-state index in [4.69, 9.17) is 10.5 Å². The molecule has 0 bridgehead atoms. The highest BCUT2D eigenvalue weighted by Gasteiger charge is 2.27. The summed E-state index contributed by atoms with van der Waals surface area (Å²) in [7, 11) is 1.73. The number of hydrogen-bond donors (Lipinski definition) is 1. The van der Waals surface area contributed by atoms with Crippen LogP contribution in [-0.2, 0) is 17.9 Å². The highest BCUT2D eigenvalue weighted by molar-refractivity contribution is 5.22. The van der Waals surface area contributed by atoms with Crippen molar-refractivity contribution in [2.24, 2.45) is 11.7 Å². The molecule has 0 aliphatic carbocycles. The van der Waals surface area contributed by atoms with E-state index in [1.807, 2.05) is 0 Å². The van der Waals surface area contributed by atoms with Crippen LogP contribution in [0.1, 0.15) is 24.5 Å². The lowest BCUT2D eigenvalue weighted by Gasteiger charge is -2.21. The Kier molecular flexibility index (Phi) is 4.75. The van der Waals surface area contributed by atoms with E-state index < -0.39 is 0 Å². The smallest absolute Gasteiger partial charge is 0.0713 e. The molecule has 1 aliphatic heterocycles. The van der Waals surface area contributed by atoms with Crippen molar-refractivity contribution >= 4 is 0 Å². The van der Waals surface area contributed by atoms with Crippen LogP contribution in [0.2, 0.25) is 0 Å². The van der Waals surface area contributed by atoms with Gasteiger partial charge >= 0.3 is 0 Å². The van der Waals surface area contributed by atoms with Gasteiger partial charge in [-0.3, -0.25) is 4.90 Å². The van der Waals surface area contributed by atoms with Crippen LogP contribution < -0.4 is 5.73 Å². The van der Waals surface area contributed by atoms with Crippen LogP contribution in [0, 0.1) is 5.92 Å². The summed E-state index contributed by atoms with van der Waals surface area (Å²) >= 11 is 0. The third kappa shape index (κ3) is 3.31. The van der Waals surface area contributed by atoms with E-state index in [0.29, 0.717) is 18.6 Å². The van der Waals surface area contributed by atoms with Gasteiger partial charge in [-0.2, -0.15) is 0 Å². The van der Waals surface area contributed by atoms with Crippen molar-refractivity contribution < 1.29 is 4.74 Å². The van der Waals surface area contributed by atoms with Crippen molar-refractivity contribution in [2.45, 2.75) is 32.5 Å². The van der Waals surface area contributed by atoms with E-state index in [1.165, 1.54) is 17.5 Å². The summed E-state index contributed by atoms with van der Waals surface area (Å²) in [5.41, 5.74) is 8.37. The van der Waals surface area contributed by atoms with Crippen LogP contribution >= 0.6 is 0 Å². The summed E-state index contributed by atoms with van der Waals surface area (Å²) in [4.78, 5) is 2.53. The second kappa shape index (κ2) is 6.32. The summed E-state index contributed by atoms with van der Waals surface area (Å²) in [6.45, 7) is 5.97. The van der Waals surface area contributed by atoms with Gasteiger partial charge in [0.1, 0.15) is 0 Å². The zero-order valence-electron chi connectivity index (χ0n) is 11.4. The van der Waals surface area contributed by atoms with Crippen LogP contribution in [0.15, 0.2) is 24.3 Å². The Labute approximate surface area is 110 Å². The van der Waals surface area contributed by atoms with Crippen LogP contribution in [0.5, 0.6) is 0 Å². The normalized spacial score (nSPS) is 24.6. The largest absolute Gasteiger partial charge is 0.380 e. The minimum atomic E-state index is 0.650. The molecule has 3 heteroatoms. The Morgan fingerprint density at radius 2 is 1.94 bits per heavy atom. The maximum absolute atomic E-state index is 5.76. The van der Waals surface area contributed by atoms with Gasteiger partial charge in [-0.25, -0.2) is 0 Å². The number of benzene rings is 1. The average molecular weight is 248 g/mol. The molecule has 0 aromatic heterocycles. The second-order valence-corrected chi connectivity index (χ2v) is 5.37. The SMILES string of the molecule is COCc1ccc(CN2CC(CN)CC2C)cc1. The minimum Gasteiger partial charge on any atom is -0.380 e. The summed E-state index contributed by atoms with van der Waals surface area (Å²) in [6, 6.07) is 9.37. The standard InChI is InChI=1S/C15H24N2O/c1-12-7-15(8-16)10-17(12)9-13-3-5-14(6-4-13)11-18-2/h3-6,12,15H,7-11,16H2,1-2H3. The van der Waals surface area contributed by atoms with Gasteiger partial charge in [-0.1, -0.05) is 24.3 Å². The van der Waals surface area contributed by atoms with Gasteiger partial charge < -0.3 is 10.5 Å². The average Bonchev–Trinajstić information content (AvgIpc) is 2.73. The molecular formula is C15H24N2O. The topological polar surface area (TPSA) is 38.5 Å². The van der Waals surface area contributed by atoms with E-state index in [0.717, 1.165) is 19.6 Å². The first-order chi connectivity index (χ1) is 8.72. The first-order valence-corrected chi connectivity index (χ1v) is 6.73. The molecule has 1 heterocycles. The number of likely N-dealkylation sites (tertiary alicyclic amines) is 1. The number of nitrogens with two attached hydrogens (primary N) is 1. The molecule has 0 spiro atoms. The first kappa shape index (κ1) is 13.5. The zero-order valence-corrected chi connectivity index (χ0v) is 11.4. The number of ether oxygens (including phenoxy) is 1. The lowest BCUT2D eigenvalue weighted by molar-refractivity contribution is 0.185. The molecule has 0 saturated carbocycles. The summed E-state index contributed by atoms with van der Waals surface area (Å²) in [5.74, 6) is 0.674. The van der Waals surface area contributed by atoms with Crippen molar-refractivity contribution in [2.75, 3.05) is 20.2 Å². The van der Waals surface area contributed by atoms with E-state index >= 15 is 0 Å². The lowest BCUT2D eigenvalue weighted by atomic mass is 10.1. The number of methoxy groups -OCH3 is 1. The van der Waals surface area contributed by atoms with Crippen molar-refractivity contribution in [3.05, 3.63) is 35.4 Å². The Balaban J connectivity index is 1.93. The molecular weight excluding hydrogens is 224 g/mol. The van der Waals surface area contributed by atoms with Crippen molar-refractivity contribution in [1.82, 2.24) is 4.90 Å². The van der Waals surface area contributed by atoms with Crippen molar-refractivity contribution in [3.63, 3.8) is 0 Å². The van der Waals surface area contributed by atoms with Gasteiger partial charge in [0.25, 0.3) is 0 Å². The monoisotopic (exact) mass is 248 g/mol. The van der Waals surface area contributed by atoms with Crippen LogP contribution in [0.4, 0.5) is 0 Å². The molecule has 1 aromatic carbocycles. The Morgan fingerprint density at radius 1 is 1.28 bits per heavy atom. The zero-order chi connectivity index (χ0) is 13.0. The fourth-order valence-corrected chi connectivity index (χ4v) is 2.75. The Hall–Kier alpha value is -0.900. The van der Waals surface area contributed by atoms with Crippen LogP contribution in [0.3, 0.4) is 0 Å². The van der Waals surface area contributed by atoms with Gasteiger partial charge in [-0.05, 0) is 36.9 Å². The summed E-state index contributed by atoms with van der Waals surface area (Å²) < 4.78 is 5.12. The van der Waals surface area contributed by atoms with E-state index in [9.17, 15) is 0 Å². The molecule has 0 amide bonds. The fourth-order valence-electron chi connectivity index (χ4n) is 2.75. The lowest BCUT2D eigenvalue weighted by Crippen LogP contribution is -2.27. The maximum Gasteiger partial charge on any atom is 0.0713 e. The van der Waals surface area contributed by atoms with Gasteiger partial charge in [-0.15, -0.1) is 0 Å². The maximum atomic E-state index is 5.76. The van der Waals surface area contributed by atoms with Gasteiger partial charge in [0.05, 0.1) is 6.61 Å². The molecule has 0 radical (unpaired) electrons. The molecule has 2 unspecified atom stereocenters. The summed E-state index contributed by atoms with van der Waals surface area (Å²) in [5, 5.41) is 0. The fraction of sp³-hybridized carbons (Fsp3) is 0.600. The first-order valence-electron chi connectivity index (χ1n) is 6.73. The molecule has 18 heavy (non-hydrogen) atoms. The van der Waals surface area contributed by atoms with Gasteiger partial charge in [0.15, 0.2) is 0 Å². The number of nitrogens with zero attached hydrogens (tertiary/aromatic N) is 1. The van der Waals surface area contributed by atoms with Crippen molar-refractivity contribution in [1.29, 1.82) is 0 Å². The molecule has 1 aromatic rings. The molecule has 3 nitrogen and oxygen atoms in total. The number of rotatable bonds is 5. The molecule has 2 rings (SSSR count). The summed E-state index contributed by atoms with van der Waals surface area (Å²) in [6.07, 6.45) is 1.23. The Morgan fingerprint density at radius 3 is 2.50 bits per heavy atom. The molecule has 1 saturated heterocycles. The second-order valence-electron chi connectivity index (χ2n) is 5.37. The molecule has 1 aliphatic rings. The van der Waals surface area contributed by atoms with Crippen LogP contribution in [-0.4, -0.2) is 31.1 Å². The molecule has 1 fully saturated rings.